The van der Waals surface area contributed by atoms with Crippen molar-refractivity contribution in [2.45, 2.75) is 6.43 Å². The van der Waals surface area contributed by atoms with Crippen molar-refractivity contribution < 1.29 is 13.6 Å². The van der Waals surface area contributed by atoms with E-state index in [9.17, 15) is 13.6 Å². The third-order valence-corrected chi connectivity index (χ3v) is 2.06. The van der Waals surface area contributed by atoms with E-state index >= 15 is 0 Å². The number of H-pyrrole nitrogens is 1. The molecule has 0 fully saturated rings. The van der Waals surface area contributed by atoms with Crippen LogP contribution in [0.3, 0.4) is 0 Å². The zero-order valence-corrected chi connectivity index (χ0v) is 8.21. The molecule has 0 saturated heterocycles. The molecule has 2 rings (SSSR count). The second-order valence-corrected chi connectivity index (χ2v) is 3.21. The van der Waals surface area contributed by atoms with Crippen LogP contribution in [0.4, 0.5) is 8.78 Å². The van der Waals surface area contributed by atoms with Gasteiger partial charge in [0, 0.05) is 11.6 Å². The molecule has 0 atom stereocenters. The van der Waals surface area contributed by atoms with Gasteiger partial charge in [-0.2, -0.15) is 0 Å². The van der Waals surface area contributed by atoms with Crippen molar-refractivity contribution >= 4 is 16.9 Å². The van der Waals surface area contributed by atoms with E-state index in [2.05, 4.69) is 15.3 Å². The highest BCUT2D eigenvalue weighted by atomic mass is 19.3. The average Bonchev–Trinajstić information content (AvgIpc) is 2.72. The number of hydrogen-bond acceptors (Lipinski definition) is 2. The first-order valence-electron chi connectivity index (χ1n) is 4.67. The molecule has 2 aromatic rings. The number of amides is 1. The number of nitrogens with zero attached hydrogens (tertiary/aromatic N) is 1. The summed E-state index contributed by atoms with van der Waals surface area (Å²) in [5.41, 5.74) is 0.681. The third-order valence-electron chi connectivity index (χ3n) is 2.06. The van der Waals surface area contributed by atoms with Crippen LogP contribution in [0, 0.1) is 0 Å². The maximum Gasteiger partial charge on any atom is 0.270 e. The molecule has 0 radical (unpaired) electrons. The van der Waals surface area contributed by atoms with E-state index < -0.39 is 18.9 Å². The summed E-state index contributed by atoms with van der Waals surface area (Å²) in [6, 6.07) is 5.01. The Bertz CT molecular complexity index is 509. The number of pyridine rings is 1. The zero-order chi connectivity index (χ0) is 11.5. The first-order chi connectivity index (χ1) is 7.66. The van der Waals surface area contributed by atoms with Gasteiger partial charge in [0.2, 0.25) is 0 Å². The minimum absolute atomic E-state index is 0.121. The van der Waals surface area contributed by atoms with Crippen LogP contribution < -0.4 is 5.32 Å². The minimum Gasteiger partial charge on any atom is -0.346 e. The highest BCUT2D eigenvalue weighted by Gasteiger charge is 2.10. The van der Waals surface area contributed by atoms with Crippen molar-refractivity contribution in [1.82, 2.24) is 15.3 Å². The molecular formula is C10H9F2N3O. The van der Waals surface area contributed by atoms with Crippen LogP contribution in [0.5, 0.6) is 0 Å². The Hall–Kier alpha value is -1.98. The Morgan fingerprint density at radius 1 is 1.44 bits per heavy atom. The predicted molar refractivity (Wildman–Crippen MR) is 54.4 cm³/mol. The number of carbonyl (C=O) groups excluding carboxylic acids is 1. The van der Waals surface area contributed by atoms with Crippen molar-refractivity contribution in [1.29, 1.82) is 0 Å². The molecule has 84 valence electrons. The number of carbonyl (C=O) groups is 1. The number of halogens is 2. The SMILES string of the molecule is O=C(NCC(F)F)c1ccc2cc[nH]c2n1. The van der Waals surface area contributed by atoms with Gasteiger partial charge in [-0.05, 0) is 18.2 Å². The maximum absolute atomic E-state index is 11.9. The number of nitrogens with one attached hydrogen (secondary N) is 2. The van der Waals surface area contributed by atoms with Crippen LogP contribution in [0.1, 0.15) is 10.5 Å². The van der Waals surface area contributed by atoms with E-state index in [-0.39, 0.29) is 5.69 Å². The molecule has 0 unspecified atom stereocenters. The van der Waals surface area contributed by atoms with Gasteiger partial charge in [0.15, 0.2) is 0 Å². The molecule has 4 nitrogen and oxygen atoms in total. The van der Waals surface area contributed by atoms with Crippen molar-refractivity contribution in [3.8, 4) is 0 Å². The Balaban J connectivity index is 2.16. The van der Waals surface area contributed by atoms with Crippen LogP contribution in [-0.4, -0.2) is 28.8 Å². The van der Waals surface area contributed by atoms with Gasteiger partial charge >= 0.3 is 0 Å². The fraction of sp³-hybridized carbons (Fsp3) is 0.200. The first-order valence-corrected chi connectivity index (χ1v) is 4.67. The number of aromatic amines is 1. The minimum atomic E-state index is -2.56. The normalized spacial score (nSPS) is 10.9. The van der Waals surface area contributed by atoms with Crippen LogP contribution in [-0.2, 0) is 0 Å². The average molecular weight is 225 g/mol. The van der Waals surface area contributed by atoms with Gasteiger partial charge in [-0.15, -0.1) is 0 Å². The van der Waals surface area contributed by atoms with Crippen molar-refractivity contribution in [3.63, 3.8) is 0 Å². The van der Waals surface area contributed by atoms with E-state index in [1.54, 1.807) is 12.3 Å². The quantitative estimate of drug-likeness (QED) is 0.832. The molecule has 2 aromatic heterocycles. The van der Waals surface area contributed by atoms with E-state index in [4.69, 9.17) is 0 Å². The van der Waals surface area contributed by atoms with Gasteiger partial charge in [-0.1, -0.05) is 0 Å². The molecule has 0 aliphatic carbocycles. The number of fused-ring (bicyclic) bond motifs is 1. The van der Waals surface area contributed by atoms with Gasteiger partial charge in [0.05, 0.1) is 6.54 Å². The van der Waals surface area contributed by atoms with Gasteiger partial charge in [-0.3, -0.25) is 4.79 Å². The second kappa shape index (κ2) is 4.26. The summed E-state index contributed by atoms with van der Waals surface area (Å²) in [5.74, 6) is -0.600. The van der Waals surface area contributed by atoms with Gasteiger partial charge < -0.3 is 10.3 Å². The van der Waals surface area contributed by atoms with Gasteiger partial charge in [0.25, 0.3) is 12.3 Å². The molecular weight excluding hydrogens is 216 g/mol. The van der Waals surface area contributed by atoms with Crippen LogP contribution in [0.2, 0.25) is 0 Å². The number of alkyl halides is 2. The number of rotatable bonds is 3. The van der Waals surface area contributed by atoms with Crippen LogP contribution in [0.25, 0.3) is 11.0 Å². The second-order valence-electron chi connectivity index (χ2n) is 3.21. The lowest BCUT2D eigenvalue weighted by molar-refractivity contribution is 0.0887. The zero-order valence-electron chi connectivity index (χ0n) is 8.21. The molecule has 2 heterocycles. The summed E-state index contributed by atoms with van der Waals surface area (Å²) < 4.78 is 23.7. The Morgan fingerprint density at radius 2 is 2.25 bits per heavy atom. The molecule has 2 N–H and O–H groups in total. The fourth-order valence-corrected chi connectivity index (χ4v) is 1.32. The third kappa shape index (κ3) is 2.16. The molecule has 0 aromatic carbocycles. The van der Waals surface area contributed by atoms with Gasteiger partial charge in [0.1, 0.15) is 11.3 Å². The standard InChI is InChI=1S/C10H9F2N3O/c11-8(12)5-14-10(16)7-2-1-6-3-4-13-9(6)15-7/h1-4,8H,5H2,(H,13,15)(H,14,16). The summed E-state index contributed by atoms with van der Waals surface area (Å²) in [6.45, 7) is -0.663. The molecule has 16 heavy (non-hydrogen) atoms. The first kappa shape index (κ1) is 10.5. The van der Waals surface area contributed by atoms with Crippen LogP contribution in [0.15, 0.2) is 24.4 Å². The van der Waals surface area contributed by atoms with Crippen molar-refractivity contribution in [3.05, 3.63) is 30.1 Å². The summed E-state index contributed by atoms with van der Waals surface area (Å²) in [5, 5.41) is 2.96. The van der Waals surface area contributed by atoms with E-state index in [1.165, 1.54) is 6.07 Å². The molecule has 6 heteroatoms. The van der Waals surface area contributed by atoms with E-state index in [1.807, 2.05) is 6.07 Å². The molecule has 0 aliphatic heterocycles. The smallest absolute Gasteiger partial charge is 0.270 e. The Labute approximate surface area is 89.7 Å². The lowest BCUT2D eigenvalue weighted by Gasteiger charge is -2.03. The van der Waals surface area contributed by atoms with Crippen molar-refractivity contribution in [2.75, 3.05) is 6.54 Å². The lowest BCUT2D eigenvalue weighted by atomic mass is 10.3. The fourth-order valence-electron chi connectivity index (χ4n) is 1.32. The van der Waals surface area contributed by atoms with E-state index in [0.29, 0.717) is 5.65 Å². The summed E-state index contributed by atoms with van der Waals surface area (Å²) >= 11 is 0. The van der Waals surface area contributed by atoms with Crippen LogP contribution >= 0.6 is 0 Å². The van der Waals surface area contributed by atoms with Crippen molar-refractivity contribution in [2.24, 2.45) is 0 Å². The molecule has 0 spiro atoms. The summed E-state index contributed by atoms with van der Waals surface area (Å²) in [4.78, 5) is 18.2. The largest absolute Gasteiger partial charge is 0.346 e. The van der Waals surface area contributed by atoms with E-state index in [0.717, 1.165) is 5.39 Å². The molecule has 0 saturated carbocycles. The molecule has 1 amide bonds. The summed E-state index contributed by atoms with van der Waals surface area (Å²) in [7, 11) is 0. The monoisotopic (exact) mass is 225 g/mol. The number of aromatic nitrogens is 2. The Kier molecular flexibility index (Phi) is 2.80. The predicted octanol–water partition coefficient (Wildman–Crippen LogP) is 1.56. The lowest BCUT2D eigenvalue weighted by Crippen LogP contribution is -2.29. The maximum atomic E-state index is 11.9. The highest BCUT2D eigenvalue weighted by molar-refractivity contribution is 5.94. The van der Waals surface area contributed by atoms with Gasteiger partial charge in [-0.25, -0.2) is 13.8 Å². The topological polar surface area (TPSA) is 57.8 Å². The Morgan fingerprint density at radius 3 is 3.00 bits per heavy atom. The number of hydrogen-bond donors (Lipinski definition) is 2. The highest BCUT2D eigenvalue weighted by Crippen LogP contribution is 2.09. The summed E-state index contributed by atoms with van der Waals surface area (Å²) in [6.07, 6.45) is -0.864. The molecule has 0 bridgehead atoms. The molecule has 0 aliphatic rings.